The van der Waals surface area contributed by atoms with Gasteiger partial charge in [-0.2, -0.15) is 0 Å². The third kappa shape index (κ3) is 9.91. The van der Waals surface area contributed by atoms with Crippen molar-refractivity contribution in [2.24, 2.45) is 5.92 Å². The molecule has 0 fully saturated rings. The number of aliphatic carboxylic acids is 1. The summed E-state index contributed by atoms with van der Waals surface area (Å²) in [5, 5.41) is 16.7. The van der Waals surface area contributed by atoms with Crippen LogP contribution >= 0.6 is 7.60 Å². The van der Waals surface area contributed by atoms with E-state index in [1.54, 1.807) is 24.3 Å². The average Bonchev–Trinajstić information content (AvgIpc) is 2.71. The minimum Gasteiger partial charge on any atom is -0.497 e. The first kappa shape index (κ1) is 28.6. The van der Waals surface area contributed by atoms with Gasteiger partial charge in [0.1, 0.15) is 23.6 Å². The van der Waals surface area contributed by atoms with Crippen LogP contribution in [0.3, 0.4) is 0 Å². The van der Waals surface area contributed by atoms with E-state index in [0.717, 1.165) is 0 Å². The van der Waals surface area contributed by atoms with Gasteiger partial charge in [0.25, 0.3) is 0 Å². The van der Waals surface area contributed by atoms with E-state index in [-0.39, 0.29) is 18.8 Å². The number of rotatable bonds is 13. The Morgan fingerprint density at radius 1 is 0.970 bits per heavy atom. The molecule has 0 aliphatic carbocycles. The fourth-order valence-corrected chi connectivity index (χ4v) is 3.34. The molecular weight excluding hydrogens is 453 g/mol. The summed E-state index contributed by atoms with van der Waals surface area (Å²) in [4.78, 5) is 55.8. The first-order valence-electron chi connectivity index (χ1n) is 10.5. The molecule has 0 aromatic heterocycles. The van der Waals surface area contributed by atoms with Gasteiger partial charge in [0, 0.05) is 6.42 Å². The molecular formula is C21H34N3O8P. The van der Waals surface area contributed by atoms with Gasteiger partial charge >= 0.3 is 13.6 Å². The molecule has 1 rings (SSSR count). The minimum atomic E-state index is -4.49. The summed E-state index contributed by atoms with van der Waals surface area (Å²) in [7, 11) is -2.97. The van der Waals surface area contributed by atoms with Gasteiger partial charge in [0.15, 0.2) is 0 Å². The Labute approximate surface area is 193 Å². The molecule has 0 saturated carbocycles. The lowest BCUT2D eigenvalue weighted by molar-refractivity contribution is -0.141. The number of hydrogen-bond acceptors (Lipinski definition) is 6. The van der Waals surface area contributed by atoms with Gasteiger partial charge in [0.05, 0.1) is 13.2 Å². The number of amides is 2. The Balaban J connectivity index is 3.11. The van der Waals surface area contributed by atoms with E-state index in [2.05, 4.69) is 16.0 Å². The monoisotopic (exact) mass is 487 g/mol. The predicted molar refractivity (Wildman–Crippen MR) is 122 cm³/mol. The number of benzene rings is 1. The summed E-state index contributed by atoms with van der Waals surface area (Å²) in [5.41, 5.74) is 0.691. The number of carboxylic acids is 1. The molecule has 2 amide bonds. The second-order valence-electron chi connectivity index (χ2n) is 8.30. The zero-order valence-corrected chi connectivity index (χ0v) is 20.3. The average molecular weight is 487 g/mol. The van der Waals surface area contributed by atoms with Crippen LogP contribution in [0.25, 0.3) is 0 Å². The molecule has 1 aromatic carbocycles. The Bertz CT molecular complexity index is 856. The maximum atomic E-state index is 13.0. The smallest absolute Gasteiger partial charge is 0.342 e. The predicted octanol–water partition coefficient (Wildman–Crippen LogP) is 0.840. The number of hydrogen-bond donors (Lipinski definition) is 6. The number of carbonyl (C=O) groups is 3. The number of carbonyl (C=O) groups excluding carboxylic acids is 2. The lowest BCUT2D eigenvalue weighted by atomic mass is 10.0. The van der Waals surface area contributed by atoms with Crippen LogP contribution in [-0.2, 0) is 25.4 Å². The van der Waals surface area contributed by atoms with Crippen LogP contribution in [0.5, 0.6) is 5.75 Å². The molecule has 0 heterocycles. The lowest BCUT2D eigenvalue weighted by Crippen LogP contribution is -2.56. The van der Waals surface area contributed by atoms with E-state index in [1.807, 2.05) is 13.8 Å². The maximum absolute atomic E-state index is 13.0. The molecule has 0 saturated heterocycles. The van der Waals surface area contributed by atoms with Crippen molar-refractivity contribution in [3.05, 3.63) is 29.8 Å². The van der Waals surface area contributed by atoms with Crippen molar-refractivity contribution < 1.29 is 38.6 Å². The van der Waals surface area contributed by atoms with Crippen molar-refractivity contribution in [2.75, 3.05) is 7.11 Å². The molecule has 4 atom stereocenters. The Hall–Kier alpha value is -2.46. The fraction of sp³-hybridized carbons (Fsp3) is 0.571. The van der Waals surface area contributed by atoms with Crippen LogP contribution in [0.2, 0.25) is 0 Å². The molecule has 12 heteroatoms. The molecule has 1 aromatic rings. The molecule has 0 aliphatic rings. The normalized spacial score (nSPS) is 15.3. The van der Waals surface area contributed by atoms with Gasteiger partial charge < -0.3 is 30.3 Å². The summed E-state index contributed by atoms with van der Waals surface area (Å²) < 4.78 is 16.7. The first-order chi connectivity index (χ1) is 15.2. The van der Waals surface area contributed by atoms with E-state index >= 15 is 0 Å². The maximum Gasteiger partial charge on any atom is 0.342 e. The second-order valence-corrected chi connectivity index (χ2v) is 10.2. The van der Waals surface area contributed by atoms with E-state index in [0.29, 0.717) is 11.3 Å². The van der Waals surface area contributed by atoms with Crippen LogP contribution in [-0.4, -0.2) is 63.7 Å². The van der Waals surface area contributed by atoms with Crippen molar-refractivity contribution >= 4 is 25.4 Å². The largest absolute Gasteiger partial charge is 0.497 e. The highest BCUT2D eigenvalue weighted by atomic mass is 31.2. The van der Waals surface area contributed by atoms with Crippen LogP contribution in [0.1, 0.15) is 39.7 Å². The third-order valence-corrected chi connectivity index (χ3v) is 6.09. The molecule has 6 N–H and O–H groups in total. The number of nitrogens with one attached hydrogen (secondary N) is 3. The van der Waals surface area contributed by atoms with Crippen LogP contribution in [0.4, 0.5) is 0 Å². The summed E-state index contributed by atoms with van der Waals surface area (Å²) in [6.45, 7) is 6.27. The highest BCUT2D eigenvalue weighted by molar-refractivity contribution is 7.52. The van der Waals surface area contributed by atoms with Gasteiger partial charge in [-0.25, -0.2) is 0 Å². The van der Waals surface area contributed by atoms with Crippen molar-refractivity contribution in [2.45, 2.75) is 64.4 Å². The minimum absolute atomic E-state index is 0.0121. The van der Waals surface area contributed by atoms with Crippen LogP contribution < -0.4 is 20.7 Å². The van der Waals surface area contributed by atoms with E-state index in [4.69, 9.17) is 9.84 Å². The van der Waals surface area contributed by atoms with Gasteiger partial charge in [0.2, 0.25) is 11.8 Å². The molecule has 11 nitrogen and oxygen atoms in total. The highest BCUT2D eigenvalue weighted by Crippen LogP contribution is 2.39. The molecule has 0 bridgehead atoms. The number of methoxy groups -OCH3 is 1. The van der Waals surface area contributed by atoms with Crippen molar-refractivity contribution in [3.8, 4) is 5.75 Å². The number of ether oxygens (including phenoxy) is 1. The van der Waals surface area contributed by atoms with E-state index in [9.17, 15) is 28.7 Å². The quantitative estimate of drug-likeness (QED) is 0.220. The molecule has 0 aliphatic heterocycles. The summed E-state index contributed by atoms with van der Waals surface area (Å²) in [6.07, 6.45) is 0.328. The molecule has 33 heavy (non-hydrogen) atoms. The summed E-state index contributed by atoms with van der Waals surface area (Å²) >= 11 is 0. The van der Waals surface area contributed by atoms with Crippen LogP contribution in [0.15, 0.2) is 24.3 Å². The van der Waals surface area contributed by atoms with E-state index < -0.39 is 49.3 Å². The number of carboxylic acid groups (broad SMARTS) is 1. The summed E-state index contributed by atoms with van der Waals surface area (Å²) in [6, 6.07) is 3.54. The van der Waals surface area contributed by atoms with Gasteiger partial charge in [-0.15, -0.1) is 0 Å². The van der Waals surface area contributed by atoms with Gasteiger partial charge in [-0.3, -0.25) is 24.3 Å². The first-order valence-corrected chi connectivity index (χ1v) is 12.2. The Morgan fingerprint density at radius 2 is 1.52 bits per heavy atom. The van der Waals surface area contributed by atoms with Crippen molar-refractivity contribution in [3.63, 3.8) is 0 Å². The van der Waals surface area contributed by atoms with E-state index in [1.165, 1.54) is 21.0 Å². The molecule has 4 unspecified atom stereocenters. The standard InChI is InChI=1S/C21H34N3O8P/c1-12(2)10-17(23-14(4)33(29,30)31)20(26)24-18(19(25)22-13(3)21(27)28)11-15-6-8-16(32-5)9-7-15/h6-9,12-14,17-18,23H,10-11H2,1-5H3,(H,22,25)(H,24,26)(H,27,28)(H2,29,30,31). The van der Waals surface area contributed by atoms with Gasteiger partial charge in [-0.1, -0.05) is 26.0 Å². The topological polar surface area (TPSA) is 174 Å². The van der Waals surface area contributed by atoms with Crippen molar-refractivity contribution in [1.82, 2.24) is 16.0 Å². The third-order valence-electron chi connectivity index (χ3n) is 4.93. The zero-order valence-electron chi connectivity index (χ0n) is 19.4. The fourth-order valence-electron chi connectivity index (χ4n) is 2.97. The lowest BCUT2D eigenvalue weighted by Gasteiger charge is -2.27. The SMILES string of the molecule is COc1ccc(CC(NC(=O)C(CC(C)C)NC(C)P(=O)(O)O)C(=O)NC(C)C(=O)O)cc1. The Kier molecular flexibility index (Phi) is 11.0. The second kappa shape index (κ2) is 12.7. The van der Waals surface area contributed by atoms with Crippen molar-refractivity contribution in [1.29, 1.82) is 0 Å². The molecule has 0 spiro atoms. The Morgan fingerprint density at radius 3 is 1.97 bits per heavy atom. The molecule has 0 radical (unpaired) electrons. The summed E-state index contributed by atoms with van der Waals surface area (Å²) in [5.74, 6) is -3.20. The van der Waals surface area contributed by atoms with Crippen LogP contribution in [0, 0.1) is 5.92 Å². The zero-order chi connectivity index (χ0) is 25.3. The highest BCUT2D eigenvalue weighted by Gasteiger charge is 2.32. The van der Waals surface area contributed by atoms with Gasteiger partial charge in [-0.05, 0) is 43.9 Å². The molecule has 186 valence electrons.